The third-order valence-electron chi connectivity index (χ3n) is 2.95. The van der Waals surface area contributed by atoms with Crippen LogP contribution in [0, 0.1) is 5.92 Å². The molecule has 1 heteroatoms. The minimum Gasteiger partial charge on any atom is -0.265 e. The molecule has 1 nitrogen and oxygen atoms in total. The second-order valence-corrected chi connectivity index (χ2v) is 4.61. The summed E-state index contributed by atoms with van der Waals surface area (Å²) in [6.45, 7) is 4.61. The fourth-order valence-corrected chi connectivity index (χ4v) is 2.25. The second-order valence-electron chi connectivity index (χ2n) is 4.61. The molecule has 1 aromatic heterocycles. The third-order valence-corrected chi connectivity index (χ3v) is 2.95. The Morgan fingerprint density at radius 1 is 1.31 bits per heavy atom. The fourth-order valence-electron chi connectivity index (χ4n) is 2.25. The molecule has 0 radical (unpaired) electrons. The minimum atomic E-state index is 0.525. The van der Waals surface area contributed by atoms with Gasteiger partial charge in [0.05, 0.1) is 0 Å². The first-order chi connectivity index (χ1) is 6.23. The van der Waals surface area contributed by atoms with Gasteiger partial charge in [-0.25, -0.2) is 0 Å². The van der Waals surface area contributed by atoms with Gasteiger partial charge in [0.25, 0.3) is 0 Å². The first kappa shape index (κ1) is 8.74. The standard InChI is InChI=1S/C12H17N/c1-10(2)9-12(5-6-12)11-3-7-13-8-4-11/h3-4,7-8,10H,5-6,9H2,1-2H3. The summed E-state index contributed by atoms with van der Waals surface area (Å²) < 4.78 is 0. The molecule has 1 aliphatic rings. The van der Waals surface area contributed by atoms with Gasteiger partial charge in [-0.2, -0.15) is 0 Å². The lowest BCUT2D eigenvalue weighted by Crippen LogP contribution is -2.09. The average Bonchev–Trinajstić information content (AvgIpc) is 2.86. The summed E-state index contributed by atoms with van der Waals surface area (Å²) >= 11 is 0. The molecule has 0 amide bonds. The van der Waals surface area contributed by atoms with Gasteiger partial charge in [-0.05, 0) is 48.3 Å². The van der Waals surface area contributed by atoms with Crippen LogP contribution in [0.3, 0.4) is 0 Å². The van der Waals surface area contributed by atoms with Crippen LogP contribution in [0.2, 0.25) is 0 Å². The van der Waals surface area contributed by atoms with E-state index in [2.05, 4.69) is 31.0 Å². The smallest absolute Gasteiger partial charge is 0.0270 e. The van der Waals surface area contributed by atoms with Crippen LogP contribution >= 0.6 is 0 Å². The van der Waals surface area contributed by atoms with Crippen LogP contribution < -0.4 is 0 Å². The molecule has 1 aliphatic carbocycles. The molecule has 1 heterocycles. The summed E-state index contributed by atoms with van der Waals surface area (Å²) in [6, 6.07) is 4.35. The van der Waals surface area contributed by atoms with Crippen molar-refractivity contribution in [2.45, 2.75) is 38.5 Å². The summed E-state index contributed by atoms with van der Waals surface area (Å²) in [5.41, 5.74) is 2.02. The van der Waals surface area contributed by atoms with Crippen LogP contribution in [0.1, 0.15) is 38.7 Å². The average molecular weight is 175 g/mol. The highest BCUT2D eigenvalue weighted by Crippen LogP contribution is 2.52. The van der Waals surface area contributed by atoms with Crippen molar-refractivity contribution in [3.8, 4) is 0 Å². The molecule has 1 aromatic rings. The second kappa shape index (κ2) is 3.13. The lowest BCUT2D eigenvalue weighted by atomic mass is 9.88. The van der Waals surface area contributed by atoms with Gasteiger partial charge in [0, 0.05) is 12.4 Å². The van der Waals surface area contributed by atoms with Crippen molar-refractivity contribution in [1.29, 1.82) is 0 Å². The molecule has 1 fully saturated rings. The van der Waals surface area contributed by atoms with Gasteiger partial charge < -0.3 is 0 Å². The molecule has 0 spiro atoms. The third kappa shape index (κ3) is 1.74. The minimum absolute atomic E-state index is 0.525. The molecule has 0 bridgehead atoms. The van der Waals surface area contributed by atoms with Gasteiger partial charge in [-0.3, -0.25) is 4.98 Å². The maximum Gasteiger partial charge on any atom is 0.0270 e. The van der Waals surface area contributed by atoms with Crippen molar-refractivity contribution in [1.82, 2.24) is 4.98 Å². The fraction of sp³-hybridized carbons (Fsp3) is 0.583. The predicted octanol–water partition coefficient (Wildman–Crippen LogP) is 3.16. The molecule has 13 heavy (non-hydrogen) atoms. The van der Waals surface area contributed by atoms with Crippen molar-refractivity contribution in [3.63, 3.8) is 0 Å². The number of rotatable bonds is 3. The number of pyridine rings is 1. The van der Waals surface area contributed by atoms with Crippen molar-refractivity contribution in [2.24, 2.45) is 5.92 Å². The van der Waals surface area contributed by atoms with Crippen LogP contribution in [-0.2, 0) is 5.41 Å². The van der Waals surface area contributed by atoms with Gasteiger partial charge in [-0.1, -0.05) is 13.8 Å². The maximum atomic E-state index is 4.07. The Morgan fingerprint density at radius 3 is 2.38 bits per heavy atom. The normalized spacial score (nSPS) is 19.0. The topological polar surface area (TPSA) is 12.9 Å². The molecular weight excluding hydrogens is 158 g/mol. The molecule has 1 saturated carbocycles. The number of hydrogen-bond acceptors (Lipinski definition) is 1. The Hall–Kier alpha value is -0.850. The van der Waals surface area contributed by atoms with Crippen LogP contribution in [-0.4, -0.2) is 4.98 Å². The summed E-state index contributed by atoms with van der Waals surface area (Å²) in [6.07, 6.45) is 7.90. The Bertz CT molecular complexity index is 272. The van der Waals surface area contributed by atoms with Gasteiger partial charge in [0.2, 0.25) is 0 Å². The zero-order chi connectivity index (χ0) is 9.31. The Morgan fingerprint density at radius 2 is 1.92 bits per heavy atom. The van der Waals surface area contributed by atoms with E-state index in [4.69, 9.17) is 0 Å². The van der Waals surface area contributed by atoms with Crippen molar-refractivity contribution in [2.75, 3.05) is 0 Å². The Labute approximate surface area is 80.2 Å². The molecular formula is C12H17N. The van der Waals surface area contributed by atoms with E-state index in [1.807, 2.05) is 12.4 Å². The van der Waals surface area contributed by atoms with Gasteiger partial charge in [0.1, 0.15) is 0 Å². The van der Waals surface area contributed by atoms with Crippen molar-refractivity contribution < 1.29 is 0 Å². The highest BCUT2D eigenvalue weighted by molar-refractivity contribution is 5.29. The van der Waals surface area contributed by atoms with E-state index in [9.17, 15) is 0 Å². The summed E-state index contributed by atoms with van der Waals surface area (Å²) in [5.74, 6) is 0.802. The van der Waals surface area contributed by atoms with Gasteiger partial charge in [0.15, 0.2) is 0 Å². The summed E-state index contributed by atoms with van der Waals surface area (Å²) in [4.78, 5) is 4.07. The van der Waals surface area contributed by atoms with Crippen LogP contribution in [0.25, 0.3) is 0 Å². The Kier molecular flexibility index (Phi) is 2.10. The molecule has 0 saturated heterocycles. The van der Waals surface area contributed by atoms with Crippen LogP contribution in [0.4, 0.5) is 0 Å². The van der Waals surface area contributed by atoms with E-state index in [1.165, 1.54) is 24.8 Å². The van der Waals surface area contributed by atoms with Crippen LogP contribution in [0.15, 0.2) is 24.5 Å². The number of aromatic nitrogens is 1. The molecule has 0 aromatic carbocycles. The monoisotopic (exact) mass is 175 g/mol. The molecule has 0 unspecified atom stereocenters. The zero-order valence-electron chi connectivity index (χ0n) is 8.46. The molecule has 0 aliphatic heterocycles. The van der Waals surface area contributed by atoms with Gasteiger partial charge in [-0.15, -0.1) is 0 Å². The lowest BCUT2D eigenvalue weighted by molar-refractivity contribution is 0.486. The maximum absolute atomic E-state index is 4.07. The first-order valence-electron chi connectivity index (χ1n) is 5.13. The molecule has 0 N–H and O–H groups in total. The number of nitrogens with zero attached hydrogens (tertiary/aromatic N) is 1. The van der Waals surface area contributed by atoms with E-state index >= 15 is 0 Å². The number of hydrogen-bond donors (Lipinski definition) is 0. The van der Waals surface area contributed by atoms with Gasteiger partial charge >= 0.3 is 0 Å². The van der Waals surface area contributed by atoms with Crippen molar-refractivity contribution in [3.05, 3.63) is 30.1 Å². The summed E-state index contributed by atoms with van der Waals surface area (Å²) in [7, 11) is 0. The lowest BCUT2D eigenvalue weighted by Gasteiger charge is -2.17. The first-order valence-corrected chi connectivity index (χ1v) is 5.13. The predicted molar refractivity (Wildman–Crippen MR) is 54.6 cm³/mol. The highest BCUT2D eigenvalue weighted by Gasteiger charge is 2.43. The van der Waals surface area contributed by atoms with E-state index < -0.39 is 0 Å². The SMILES string of the molecule is CC(C)CC1(c2ccncc2)CC1. The summed E-state index contributed by atoms with van der Waals surface area (Å²) in [5, 5.41) is 0. The van der Waals surface area contributed by atoms with Crippen LogP contribution in [0.5, 0.6) is 0 Å². The van der Waals surface area contributed by atoms with E-state index in [0.717, 1.165) is 5.92 Å². The van der Waals surface area contributed by atoms with Crippen molar-refractivity contribution >= 4 is 0 Å². The highest BCUT2D eigenvalue weighted by atomic mass is 14.6. The molecule has 2 rings (SSSR count). The molecule has 0 atom stereocenters. The van der Waals surface area contributed by atoms with E-state index in [0.29, 0.717) is 5.41 Å². The zero-order valence-corrected chi connectivity index (χ0v) is 8.46. The molecule has 70 valence electrons. The largest absolute Gasteiger partial charge is 0.265 e. The van der Waals surface area contributed by atoms with E-state index in [-0.39, 0.29) is 0 Å². The van der Waals surface area contributed by atoms with E-state index in [1.54, 1.807) is 0 Å². The quantitative estimate of drug-likeness (QED) is 0.687. The Balaban J connectivity index is 2.16.